The summed E-state index contributed by atoms with van der Waals surface area (Å²) in [6.07, 6.45) is 2.14. The second kappa shape index (κ2) is 4.95. The van der Waals surface area contributed by atoms with Gasteiger partial charge in [-0.15, -0.1) is 0 Å². The van der Waals surface area contributed by atoms with Crippen molar-refractivity contribution in [2.75, 3.05) is 13.1 Å². The molecule has 0 spiro atoms. The molecule has 1 fully saturated rings. The Morgan fingerprint density at radius 3 is 2.67 bits per heavy atom. The van der Waals surface area contributed by atoms with Crippen molar-refractivity contribution in [1.82, 2.24) is 5.32 Å². The highest BCUT2D eigenvalue weighted by molar-refractivity contribution is 5.35. The molecule has 15 heavy (non-hydrogen) atoms. The van der Waals surface area contributed by atoms with Crippen LogP contribution in [0.25, 0.3) is 0 Å². The third kappa shape index (κ3) is 2.81. The van der Waals surface area contributed by atoms with Gasteiger partial charge in [0.15, 0.2) is 0 Å². The lowest BCUT2D eigenvalue weighted by Crippen LogP contribution is -2.26. The molecule has 1 aromatic carbocycles. The van der Waals surface area contributed by atoms with Gasteiger partial charge in [0, 0.05) is 5.92 Å². The van der Waals surface area contributed by atoms with Crippen LogP contribution < -0.4 is 5.32 Å². The van der Waals surface area contributed by atoms with E-state index in [4.69, 9.17) is 0 Å². The normalized spacial score (nSPS) is 16.9. The Morgan fingerprint density at radius 2 is 1.93 bits per heavy atom. The van der Waals surface area contributed by atoms with Crippen molar-refractivity contribution in [2.45, 2.75) is 12.8 Å². The van der Waals surface area contributed by atoms with Gasteiger partial charge >= 0.3 is 0 Å². The first-order chi connectivity index (χ1) is 7.36. The first-order valence-corrected chi connectivity index (χ1v) is 5.33. The van der Waals surface area contributed by atoms with Crippen LogP contribution in [-0.2, 0) is 0 Å². The number of nitrogens with one attached hydrogen (secondary N) is 1. The van der Waals surface area contributed by atoms with Gasteiger partial charge in [-0.05, 0) is 38.1 Å². The lowest BCUT2D eigenvalue weighted by Gasteiger charge is -2.17. The van der Waals surface area contributed by atoms with Crippen LogP contribution in [0.1, 0.15) is 18.4 Å². The first-order valence-electron chi connectivity index (χ1n) is 5.33. The fourth-order valence-electron chi connectivity index (χ4n) is 1.71. The Hall–Kier alpha value is -1.33. The van der Waals surface area contributed by atoms with Crippen LogP contribution in [0.3, 0.4) is 0 Å². The molecule has 0 unspecified atom stereocenters. The summed E-state index contributed by atoms with van der Waals surface area (Å²) >= 11 is 0. The van der Waals surface area contributed by atoms with Gasteiger partial charge in [-0.2, -0.15) is 0 Å². The summed E-state index contributed by atoms with van der Waals surface area (Å²) < 4.78 is 13.2. The number of halogens is 1. The van der Waals surface area contributed by atoms with Gasteiger partial charge in [-0.3, -0.25) is 0 Å². The third-order valence-corrected chi connectivity index (χ3v) is 2.62. The quantitative estimate of drug-likeness (QED) is 0.637. The Morgan fingerprint density at radius 1 is 1.20 bits per heavy atom. The van der Waals surface area contributed by atoms with Crippen LogP contribution in [0.5, 0.6) is 0 Å². The zero-order chi connectivity index (χ0) is 10.5. The molecule has 0 atom stereocenters. The summed E-state index contributed by atoms with van der Waals surface area (Å²) in [6, 6.07) is 6.68. The maximum absolute atomic E-state index is 13.2. The predicted molar refractivity (Wildman–Crippen MR) is 58.9 cm³/mol. The van der Waals surface area contributed by atoms with Crippen LogP contribution in [-0.4, -0.2) is 13.1 Å². The van der Waals surface area contributed by atoms with Crippen molar-refractivity contribution in [2.24, 2.45) is 5.92 Å². The molecule has 0 amide bonds. The van der Waals surface area contributed by atoms with E-state index >= 15 is 0 Å². The number of hydrogen-bond donors (Lipinski definition) is 1. The molecule has 78 valence electrons. The molecule has 1 heterocycles. The fraction of sp³-hybridized carbons (Fsp3) is 0.385. The second-order valence-electron chi connectivity index (χ2n) is 3.77. The minimum Gasteiger partial charge on any atom is -0.317 e. The molecule has 0 aromatic heterocycles. The number of benzene rings is 1. The van der Waals surface area contributed by atoms with Crippen molar-refractivity contribution >= 4 is 0 Å². The van der Waals surface area contributed by atoms with E-state index in [-0.39, 0.29) is 5.82 Å². The van der Waals surface area contributed by atoms with Crippen LogP contribution in [0.15, 0.2) is 24.3 Å². The molecule has 1 N–H and O–H groups in total. The van der Waals surface area contributed by atoms with Crippen LogP contribution >= 0.6 is 0 Å². The summed E-state index contributed by atoms with van der Waals surface area (Å²) in [5.74, 6) is 6.28. The average molecular weight is 203 g/mol. The minimum absolute atomic E-state index is 0.223. The van der Waals surface area contributed by atoms with Crippen LogP contribution in [0.2, 0.25) is 0 Å². The van der Waals surface area contributed by atoms with Gasteiger partial charge in [0.25, 0.3) is 0 Å². The van der Waals surface area contributed by atoms with E-state index in [0.717, 1.165) is 25.9 Å². The van der Waals surface area contributed by atoms with Gasteiger partial charge in [0.2, 0.25) is 0 Å². The first kappa shape index (κ1) is 10.2. The lowest BCUT2D eigenvalue weighted by atomic mass is 9.98. The summed E-state index contributed by atoms with van der Waals surface area (Å²) in [7, 11) is 0. The molecule has 1 saturated heterocycles. The lowest BCUT2D eigenvalue weighted by molar-refractivity contribution is 0.447. The number of piperidine rings is 1. The Bertz CT molecular complexity index is 383. The minimum atomic E-state index is -0.223. The summed E-state index contributed by atoms with van der Waals surface area (Å²) in [4.78, 5) is 0. The molecule has 1 aromatic rings. The maximum atomic E-state index is 13.2. The van der Waals surface area contributed by atoms with E-state index in [9.17, 15) is 4.39 Å². The van der Waals surface area contributed by atoms with Gasteiger partial charge in [-0.1, -0.05) is 24.0 Å². The highest BCUT2D eigenvalue weighted by atomic mass is 19.1. The maximum Gasteiger partial charge on any atom is 0.138 e. The molecule has 1 aliphatic rings. The predicted octanol–water partition coefficient (Wildman–Crippen LogP) is 2.18. The Balaban J connectivity index is 2.07. The second-order valence-corrected chi connectivity index (χ2v) is 3.77. The van der Waals surface area contributed by atoms with Crippen molar-refractivity contribution < 1.29 is 4.39 Å². The molecule has 1 nitrogen and oxygen atoms in total. The molecule has 2 rings (SSSR count). The van der Waals surface area contributed by atoms with E-state index < -0.39 is 0 Å². The largest absolute Gasteiger partial charge is 0.317 e. The van der Waals surface area contributed by atoms with E-state index in [1.807, 2.05) is 6.07 Å². The Labute approximate surface area is 89.7 Å². The van der Waals surface area contributed by atoms with E-state index in [0.29, 0.717) is 11.5 Å². The van der Waals surface area contributed by atoms with Gasteiger partial charge < -0.3 is 5.32 Å². The smallest absolute Gasteiger partial charge is 0.138 e. The molecule has 2 heteroatoms. The molecular weight excluding hydrogens is 189 g/mol. The van der Waals surface area contributed by atoms with E-state index in [1.54, 1.807) is 12.1 Å². The monoisotopic (exact) mass is 203 g/mol. The topological polar surface area (TPSA) is 12.0 Å². The van der Waals surface area contributed by atoms with Gasteiger partial charge in [0.1, 0.15) is 5.82 Å². The molecular formula is C13H14FN. The van der Waals surface area contributed by atoms with Crippen LogP contribution in [0.4, 0.5) is 4.39 Å². The summed E-state index contributed by atoms with van der Waals surface area (Å²) in [6.45, 7) is 2.05. The standard InChI is InChI=1S/C13H14FN/c14-13-4-2-1-3-12(13)6-5-11-7-9-15-10-8-11/h1-4,11,15H,7-10H2. The van der Waals surface area contributed by atoms with Crippen LogP contribution in [0, 0.1) is 23.6 Å². The van der Waals surface area contributed by atoms with Gasteiger partial charge in [0.05, 0.1) is 5.56 Å². The molecule has 0 saturated carbocycles. The zero-order valence-corrected chi connectivity index (χ0v) is 8.59. The van der Waals surface area contributed by atoms with Gasteiger partial charge in [-0.25, -0.2) is 4.39 Å². The van der Waals surface area contributed by atoms with Crippen molar-refractivity contribution in [3.63, 3.8) is 0 Å². The Kier molecular flexibility index (Phi) is 3.37. The fourth-order valence-corrected chi connectivity index (χ4v) is 1.71. The van der Waals surface area contributed by atoms with E-state index in [2.05, 4.69) is 17.2 Å². The zero-order valence-electron chi connectivity index (χ0n) is 8.59. The highest BCUT2D eigenvalue weighted by Gasteiger charge is 2.09. The number of rotatable bonds is 0. The molecule has 0 bridgehead atoms. The average Bonchev–Trinajstić information content (AvgIpc) is 2.29. The van der Waals surface area contributed by atoms with Crippen molar-refractivity contribution in [1.29, 1.82) is 0 Å². The highest BCUT2D eigenvalue weighted by Crippen LogP contribution is 2.11. The molecule has 0 radical (unpaired) electrons. The SMILES string of the molecule is Fc1ccccc1C#CC1CCNCC1. The molecule has 1 aliphatic heterocycles. The number of hydrogen-bond acceptors (Lipinski definition) is 1. The molecule has 0 aliphatic carbocycles. The summed E-state index contributed by atoms with van der Waals surface area (Å²) in [5, 5.41) is 3.28. The van der Waals surface area contributed by atoms with Crippen molar-refractivity contribution in [3.8, 4) is 11.8 Å². The summed E-state index contributed by atoms with van der Waals surface area (Å²) in [5.41, 5.74) is 0.510. The third-order valence-electron chi connectivity index (χ3n) is 2.62. The van der Waals surface area contributed by atoms with E-state index in [1.165, 1.54) is 6.07 Å². The van der Waals surface area contributed by atoms with Crippen molar-refractivity contribution in [3.05, 3.63) is 35.6 Å².